The standard InChI is InChI=1S/C19H18ClF3N4O3S/c1-27-16-5-3-2-4-15(16)26-17(27)11-24-18(28)8-9-25-31(29,30)12-6-7-14(20)13(10-12)19(21,22)23/h2-7,10,25H,8-9,11H2,1H3,(H,24,28). The number of nitrogens with zero attached hydrogens (tertiary/aromatic N) is 2. The summed E-state index contributed by atoms with van der Waals surface area (Å²) in [5.74, 6) is 0.179. The van der Waals surface area contributed by atoms with E-state index in [4.69, 9.17) is 11.6 Å². The van der Waals surface area contributed by atoms with Gasteiger partial charge < -0.3 is 9.88 Å². The third-order valence-corrected chi connectivity index (χ3v) is 6.31. The Kier molecular flexibility index (Phi) is 6.58. The van der Waals surface area contributed by atoms with Crippen molar-refractivity contribution in [3.8, 4) is 0 Å². The first-order valence-electron chi connectivity index (χ1n) is 9.02. The van der Waals surface area contributed by atoms with Gasteiger partial charge in [0.05, 0.1) is 33.1 Å². The highest BCUT2D eigenvalue weighted by Gasteiger charge is 2.34. The van der Waals surface area contributed by atoms with Crippen molar-refractivity contribution < 1.29 is 26.4 Å². The zero-order valence-electron chi connectivity index (χ0n) is 16.2. The summed E-state index contributed by atoms with van der Waals surface area (Å²) >= 11 is 5.50. The molecule has 12 heteroatoms. The van der Waals surface area contributed by atoms with Crippen LogP contribution in [-0.2, 0) is 34.6 Å². The third-order valence-electron chi connectivity index (χ3n) is 4.52. The van der Waals surface area contributed by atoms with Crippen molar-refractivity contribution in [1.82, 2.24) is 19.6 Å². The van der Waals surface area contributed by atoms with Crippen LogP contribution in [0.2, 0.25) is 5.02 Å². The van der Waals surface area contributed by atoms with Gasteiger partial charge in [-0.05, 0) is 30.3 Å². The molecular formula is C19H18ClF3N4O3S. The molecule has 3 aromatic rings. The summed E-state index contributed by atoms with van der Waals surface area (Å²) < 4.78 is 67.3. The molecule has 0 saturated heterocycles. The molecular weight excluding hydrogens is 457 g/mol. The molecule has 1 amide bonds. The number of aryl methyl sites for hydroxylation is 1. The lowest BCUT2D eigenvalue weighted by Gasteiger charge is -2.12. The fraction of sp³-hybridized carbons (Fsp3) is 0.263. The van der Waals surface area contributed by atoms with Crippen molar-refractivity contribution in [2.45, 2.75) is 24.0 Å². The van der Waals surface area contributed by atoms with Gasteiger partial charge in [0.25, 0.3) is 0 Å². The highest BCUT2D eigenvalue weighted by molar-refractivity contribution is 7.89. The van der Waals surface area contributed by atoms with E-state index in [-0.39, 0.29) is 19.5 Å². The highest BCUT2D eigenvalue weighted by atomic mass is 35.5. The lowest BCUT2D eigenvalue weighted by molar-refractivity contribution is -0.137. The topological polar surface area (TPSA) is 93.1 Å². The van der Waals surface area contributed by atoms with E-state index in [1.54, 1.807) is 0 Å². The van der Waals surface area contributed by atoms with Crippen LogP contribution in [0.25, 0.3) is 11.0 Å². The summed E-state index contributed by atoms with van der Waals surface area (Å²) in [6.45, 7) is -0.149. The van der Waals surface area contributed by atoms with Crippen LogP contribution in [0.1, 0.15) is 17.8 Å². The second-order valence-corrected chi connectivity index (χ2v) is 8.81. The Morgan fingerprint density at radius 2 is 1.90 bits per heavy atom. The number of hydrogen-bond acceptors (Lipinski definition) is 4. The molecule has 1 aromatic heterocycles. The van der Waals surface area contributed by atoms with Crippen LogP contribution in [0.5, 0.6) is 0 Å². The van der Waals surface area contributed by atoms with Gasteiger partial charge in [-0.1, -0.05) is 23.7 Å². The van der Waals surface area contributed by atoms with Gasteiger partial charge in [0.1, 0.15) is 5.82 Å². The number of imidazole rings is 1. The fourth-order valence-corrected chi connectivity index (χ4v) is 4.17. The van der Waals surface area contributed by atoms with Crippen LogP contribution in [0.15, 0.2) is 47.4 Å². The molecule has 0 spiro atoms. The Morgan fingerprint density at radius 1 is 1.19 bits per heavy atom. The largest absolute Gasteiger partial charge is 0.417 e. The Morgan fingerprint density at radius 3 is 2.58 bits per heavy atom. The zero-order chi connectivity index (χ0) is 22.8. The van der Waals surface area contributed by atoms with Crippen LogP contribution in [0, 0.1) is 0 Å². The second-order valence-electron chi connectivity index (χ2n) is 6.64. The quantitative estimate of drug-likeness (QED) is 0.550. The molecule has 31 heavy (non-hydrogen) atoms. The number of sulfonamides is 1. The number of nitrogens with one attached hydrogen (secondary N) is 2. The molecule has 2 N–H and O–H groups in total. The minimum atomic E-state index is -4.79. The van der Waals surface area contributed by atoms with Gasteiger partial charge in [0.2, 0.25) is 15.9 Å². The van der Waals surface area contributed by atoms with E-state index in [0.717, 1.165) is 23.2 Å². The molecule has 0 aliphatic rings. The van der Waals surface area contributed by atoms with E-state index < -0.39 is 37.6 Å². The maximum absolute atomic E-state index is 12.9. The molecule has 0 unspecified atom stereocenters. The Labute approximate surface area is 181 Å². The monoisotopic (exact) mass is 474 g/mol. The predicted octanol–water partition coefficient (Wildman–Crippen LogP) is 3.23. The SMILES string of the molecule is Cn1c(CNC(=O)CCNS(=O)(=O)c2ccc(Cl)c(C(F)(F)F)c2)nc2ccccc21. The summed E-state index contributed by atoms with van der Waals surface area (Å²) in [6, 6.07) is 9.74. The molecule has 0 atom stereocenters. The molecule has 0 fully saturated rings. The van der Waals surface area contributed by atoms with Gasteiger partial charge in [-0.15, -0.1) is 0 Å². The van der Waals surface area contributed by atoms with E-state index in [9.17, 15) is 26.4 Å². The zero-order valence-corrected chi connectivity index (χ0v) is 17.8. The predicted molar refractivity (Wildman–Crippen MR) is 109 cm³/mol. The van der Waals surface area contributed by atoms with E-state index in [1.807, 2.05) is 35.9 Å². The van der Waals surface area contributed by atoms with Crippen molar-refractivity contribution in [1.29, 1.82) is 0 Å². The molecule has 2 aromatic carbocycles. The summed E-state index contributed by atoms with van der Waals surface area (Å²) in [6.07, 6.45) is -5.00. The number of carbonyl (C=O) groups is 1. The molecule has 1 heterocycles. The summed E-state index contributed by atoms with van der Waals surface area (Å²) in [5, 5.41) is 2.04. The van der Waals surface area contributed by atoms with Crippen LogP contribution < -0.4 is 10.0 Å². The van der Waals surface area contributed by atoms with Crippen molar-refractivity contribution >= 4 is 38.6 Å². The van der Waals surface area contributed by atoms with Gasteiger partial charge in [0.15, 0.2) is 0 Å². The van der Waals surface area contributed by atoms with Gasteiger partial charge in [-0.2, -0.15) is 13.2 Å². The van der Waals surface area contributed by atoms with E-state index >= 15 is 0 Å². The lowest BCUT2D eigenvalue weighted by atomic mass is 10.2. The average molecular weight is 475 g/mol. The molecule has 0 aliphatic heterocycles. The summed E-state index contributed by atoms with van der Waals surface area (Å²) in [4.78, 5) is 15.9. The van der Waals surface area contributed by atoms with E-state index in [2.05, 4.69) is 15.0 Å². The van der Waals surface area contributed by atoms with Crippen LogP contribution in [0.4, 0.5) is 13.2 Å². The number of halogens is 4. The first kappa shape index (κ1) is 23.0. The number of benzene rings is 2. The minimum Gasteiger partial charge on any atom is -0.349 e. The van der Waals surface area contributed by atoms with Crippen molar-refractivity contribution in [3.63, 3.8) is 0 Å². The molecule has 0 bridgehead atoms. The number of alkyl halides is 3. The van der Waals surface area contributed by atoms with Gasteiger partial charge in [0, 0.05) is 20.0 Å². The number of rotatable bonds is 7. The number of fused-ring (bicyclic) bond motifs is 1. The fourth-order valence-electron chi connectivity index (χ4n) is 2.89. The van der Waals surface area contributed by atoms with Crippen LogP contribution in [0.3, 0.4) is 0 Å². The smallest absolute Gasteiger partial charge is 0.349 e. The molecule has 0 saturated carbocycles. The number of amides is 1. The Balaban J connectivity index is 1.56. The minimum absolute atomic E-state index is 0.142. The second kappa shape index (κ2) is 8.85. The first-order chi connectivity index (χ1) is 14.5. The van der Waals surface area contributed by atoms with Gasteiger partial charge >= 0.3 is 6.18 Å². The number of para-hydroxylation sites is 2. The maximum Gasteiger partial charge on any atom is 0.417 e. The van der Waals surface area contributed by atoms with Crippen LogP contribution in [-0.4, -0.2) is 30.4 Å². The molecule has 0 radical (unpaired) electrons. The lowest BCUT2D eigenvalue weighted by Crippen LogP contribution is -2.31. The molecule has 166 valence electrons. The van der Waals surface area contributed by atoms with Gasteiger partial charge in [-0.25, -0.2) is 18.1 Å². The Hall–Kier alpha value is -2.63. The first-order valence-corrected chi connectivity index (χ1v) is 10.9. The van der Waals surface area contributed by atoms with Gasteiger partial charge in [-0.3, -0.25) is 4.79 Å². The van der Waals surface area contributed by atoms with Crippen LogP contribution >= 0.6 is 11.6 Å². The Bertz CT molecular complexity index is 1230. The highest BCUT2D eigenvalue weighted by Crippen LogP contribution is 2.35. The summed E-state index contributed by atoms with van der Waals surface area (Å²) in [7, 11) is -2.44. The molecule has 3 rings (SSSR count). The van der Waals surface area contributed by atoms with Crippen molar-refractivity contribution in [2.75, 3.05) is 6.54 Å². The maximum atomic E-state index is 12.9. The molecule has 0 aliphatic carbocycles. The number of carbonyl (C=O) groups excluding carboxylic acids is 1. The summed E-state index contributed by atoms with van der Waals surface area (Å²) in [5.41, 5.74) is 0.432. The normalized spacial score (nSPS) is 12.3. The van der Waals surface area contributed by atoms with Crippen molar-refractivity contribution in [3.05, 3.63) is 58.9 Å². The third kappa shape index (κ3) is 5.35. The van der Waals surface area contributed by atoms with E-state index in [1.165, 1.54) is 0 Å². The average Bonchev–Trinajstić information content (AvgIpc) is 3.01. The van der Waals surface area contributed by atoms with E-state index in [0.29, 0.717) is 11.9 Å². The number of aromatic nitrogens is 2. The molecule has 7 nitrogen and oxygen atoms in total. The van der Waals surface area contributed by atoms with Crippen molar-refractivity contribution in [2.24, 2.45) is 7.05 Å². The number of hydrogen-bond donors (Lipinski definition) is 2.